The van der Waals surface area contributed by atoms with E-state index in [9.17, 15) is 4.79 Å². The standard InChI is InChI=1S/C17H19NO3/c1-4-21-16(19)17(20-3,14-9-7-11-18-12-14)15-10-6-5-8-13(15)2/h5-12H,4H2,1-3H3. The van der Waals surface area contributed by atoms with Gasteiger partial charge in [0, 0.05) is 30.6 Å². The monoisotopic (exact) mass is 285 g/mol. The van der Waals surface area contributed by atoms with Gasteiger partial charge in [0.25, 0.3) is 0 Å². The Kier molecular flexibility index (Phi) is 4.70. The third-order valence-corrected chi connectivity index (χ3v) is 3.46. The molecule has 0 aliphatic heterocycles. The maximum atomic E-state index is 12.7. The minimum absolute atomic E-state index is 0.288. The molecule has 2 rings (SSSR count). The first kappa shape index (κ1) is 15.2. The average molecular weight is 285 g/mol. The lowest BCUT2D eigenvalue weighted by molar-refractivity contribution is -0.165. The van der Waals surface area contributed by atoms with Crippen LogP contribution in [0.25, 0.3) is 0 Å². The number of methoxy groups -OCH3 is 1. The van der Waals surface area contributed by atoms with Gasteiger partial charge < -0.3 is 9.47 Å². The van der Waals surface area contributed by atoms with Gasteiger partial charge in [-0.15, -0.1) is 0 Å². The molecular formula is C17H19NO3. The molecule has 0 bridgehead atoms. The first-order valence-electron chi connectivity index (χ1n) is 6.85. The van der Waals surface area contributed by atoms with Crippen molar-refractivity contribution in [3.05, 3.63) is 65.5 Å². The van der Waals surface area contributed by atoms with Gasteiger partial charge in [-0.25, -0.2) is 4.79 Å². The third kappa shape index (κ3) is 2.67. The third-order valence-electron chi connectivity index (χ3n) is 3.46. The fourth-order valence-corrected chi connectivity index (χ4v) is 2.47. The Balaban J connectivity index is 2.69. The van der Waals surface area contributed by atoms with E-state index in [-0.39, 0.29) is 6.61 Å². The van der Waals surface area contributed by atoms with Crippen molar-refractivity contribution in [2.75, 3.05) is 13.7 Å². The maximum absolute atomic E-state index is 12.7. The zero-order valence-electron chi connectivity index (χ0n) is 12.5. The first-order valence-corrected chi connectivity index (χ1v) is 6.85. The fourth-order valence-electron chi connectivity index (χ4n) is 2.47. The molecule has 2 aromatic rings. The number of pyridine rings is 1. The second kappa shape index (κ2) is 6.50. The van der Waals surface area contributed by atoms with Crippen molar-refractivity contribution in [1.29, 1.82) is 0 Å². The summed E-state index contributed by atoms with van der Waals surface area (Å²) in [7, 11) is 1.51. The summed E-state index contributed by atoms with van der Waals surface area (Å²) in [6.45, 7) is 4.01. The van der Waals surface area contributed by atoms with E-state index in [1.165, 1.54) is 7.11 Å². The minimum Gasteiger partial charge on any atom is -0.463 e. The molecule has 4 heteroatoms. The van der Waals surface area contributed by atoms with Gasteiger partial charge in [0.1, 0.15) is 0 Å². The van der Waals surface area contributed by atoms with Gasteiger partial charge >= 0.3 is 5.97 Å². The average Bonchev–Trinajstić information content (AvgIpc) is 2.52. The summed E-state index contributed by atoms with van der Waals surface area (Å²) in [4.78, 5) is 16.8. The molecule has 0 N–H and O–H groups in total. The molecule has 110 valence electrons. The van der Waals surface area contributed by atoms with Crippen LogP contribution < -0.4 is 0 Å². The number of hydrogen-bond acceptors (Lipinski definition) is 4. The highest BCUT2D eigenvalue weighted by molar-refractivity contribution is 5.86. The predicted molar refractivity (Wildman–Crippen MR) is 79.8 cm³/mol. The van der Waals surface area contributed by atoms with Crippen molar-refractivity contribution >= 4 is 5.97 Å². The second-order valence-corrected chi connectivity index (χ2v) is 4.66. The van der Waals surface area contributed by atoms with E-state index in [4.69, 9.17) is 9.47 Å². The Morgan fingerprint density at radius 2 is 2.00 bits per heavy atom. The van der Waals surface area contributed by atoms with Crippen LogP contribution in [0.1, 0.15) is 23.6 Å². The van der Waals surface area contributed by atoms with Crippen molar-refractivity contribution in [3.63, 3.8) is 0 Å². The van der Waals surface area contributed by atoms with Crippen molar-refractivity contribution in [1.82, 2.24) is 4.98 Å². The smallest absolute Gasteiger partial charge is 0.347 e. The van der Waals surface area contributed by atoms with Crippen LogP contribution in [-0.2, 0) is 19.9 Å². The van der Waals surface area contributed by atoms with Crippen molar-refractivity contribution in [2.24, 2.45) is 0 Å². The van der Waals surface area contributed by atoms with Crippen molar-refractivity contribution in [3.8, 4) is 0 Å². The summed E-state index contributed by atoms with van der Waals surface area (Å²) in [5.41, 5.74) is 1.07. The Morgan fingerprint density at radius 3 is 2.57 bits per heavy atom. The van der Waals surface area contributed by atoms with E-state index >= 15 is 0 Å². The van der Waals surface area contributed by atoms with E-state index in [1.54, 1.807) is 25.4 Å². The van der Waals surface area contributed by atoms with Crippen LogP contribution in [0.5, 0.6) is 0 Å². The number of benzene rings is 1. The van der Waals surface area contributed by atoms with Crippen LogP contribution in [-0.4, -0.2) is 24.7 Å². The highest BCUT2D eigenvalue weighted by atomic mass is 16.6. The van der Waals surface area contributed by atoms with Gasteiger partial charge in [-0.3, -0.25) is 4.98 Å². The molecule has 1 aromatic heterocycles. The van der Waals surface area contributed by atoms with Crippen LogP contribution in [0.2, 0.25) is 0 Å². The zero-order valence-corrected chi connectivity index (χ0v) is 12.5. The topological polar surface area (TPSA) is 48.4 Å². The molecular weight excluding hydrogens is 266 g/mol. The number of rotatable bonds is 5. The second-order valence-electron chi connectivity index (χ2n) is 4.66. The minimum atomic E-state index is -1.30. The largest absolute Gasteiger partial charge is 0.463 e. The summed E-state index contributed by atoms with van der Waals surface area (Å²) in [5, 5.41) is 0. The van der Waals surface area contributed by atoms with Gasteiger partial charge in [-0.2, -0.15) is 0 Å². The van der Waals surface area contributed by atoms with Crippen LogP contribution >= 0.6 is 0 Å². The van der Waals surface area contributed by atoms with Gasteiger partial charge in [0.05, 0.1) is 6.61 Å². The number of hydrogen-bond donors (Lipinski definition) is 0. The van der Waals surface area contributed by atoms with E-state index in [2.05, 4.69) is 4.98 Å². The molecule has 0 saturated heterocycles. The summed E-state index contributed by atoms with van der Waals surface area (Å²) in [6, 6.07) is 11.2. The lowest BCUT2D eigenvalue weighted by atomic mass is 9.84. The van der Waals surface area contributed by atoms with Crippen LogP contribution in [0.3, 0.4) is 0 Å². The normalized spacial score (nSPS) is 13.5. The lowest BCUT2D eigenvalue weighted by Gasteiger charge is -2.31. The van der Waals surface area contributed by atoms with Crippen LogP contribution in [0.15, 0.2) is 48.8 Å². The Labute approximate surface area is 124 Å². The summed E-state index contributed by atoms with van der Waals surface area (Å²) in [6.07, 6.45) is 3.29. The number of esters is 1. The molecule has 0 saturated carbocycles. The van der Waals surface area contributed by atoms with Gasteiger partial charge in [0.2, 0.25) is 5.60 Å². The number of aryl methyl sites for hydroxylation is 1. The van der Waals surface area contributed by atoms with Gasteiger partial charge in [-0.05, 0) is 25.5 Å². The highest BCUT2D eigenvalue weighted by Crippen LogP contribution is 2.36. The molecule has 0 radical (unpaired) electrons. The molecule has 0 fully saturated rings. The number of ether oxygens (including phenoxy) is 2. The number of carbonyl (C=O) groups is 1. The summed E-state index contributed by atoms with van der Waals surface area (Å²) in [5.74, 6) is -0.435. The van der Waals surface area contributed by atoms with E-state index in [1.807, 2.05) is 37.3 Å². The molecule has 0 aliphatic carbocycles. The van der Waals surface area contributed by atoms with Crippen LogP contribution in [0.4, 0.5) is 0 Å². The summed E-state index contributed by atoms with van der Waals surface area (Å²) < 4.78 is 11.0. The SMILES string of the molecule is CCOC(=O)C(OC)(c1cccnc1)c1ccccc1C. The van der Waals surface area contributed by atoms with E-state index < -0.39 is 11.6 Å². The Bertz CT molecular complexity index is 612. The van der Waals surface area contributed by atoms with E-state index in [0.29, 0.717) is 5.56 Å². The fraction of sp³-hybridized carbons (Fsp3) is 0.294. The zero-order chi connectivity index (χ0) is 15.3. The lowest BCUT2D eigenvalue weighted by Crippen LogP contribution is -2.41. The molecule has 0 amide bonds. The van der Waals surface area contributed by atoms with Gasteiger partial charge in [-0.1, -0.05) is 30.3 Å². The molecule has 1 atom stereocenters. The molecule has 4 nitrogen and oxygen atoms in total. The number of nitrogens with zero attached hydrogens (tertiary/aromatic N) is 1. The Hall–Kier alpha value is -2.20. The maximum Gasteiger partial charge on any atom is 0.347 e. The summed E-state index contributed by atoms with van der Waals surface area (Å²) >= 11 is 0. The van der Waals surface area contributed by atoms with Crippen LogP contribution in [0, 0.1) is 6.92 Å². The quantitative estimate of drug-likeness (QED) is 0.793. The number of aromatic nitrogens is 1. The van der Waals surface area contributed by atoms with Gasteiger partial charge in [0.15, 0.2) is 0 Å². The highest BCUT2D eigenvalue weighted by Gasteiger charge is 2.45. The number of carbonyl (C=O) groups excluding carboxylic acids is 1. The molecule has 21 heavy (non-hydrogen) atoms. The van der Waals surface area contributed by atoms with Crippen molar-refractivity contribution in [2.45, 2.75) is 19.4 Å². The molecule has 1 aromatic carbocycles. The molecule has 1 unspecified atom stereocenters. The first-order chi connectivity index (χ1) is 10.2. The molecule has 0 spiro atoms. The van der Waals surface area contributed by atoms with E-state index in [0.717, 1.165) is 11.1 Å². The molecule has 0 aliphatic rings. The molecule has 1 heterocycles. The van der Waals surface area contributed by atoms with Crippen molar-refractivity contribution < 1.29 is 14.3 Å². The predicted octanol–water partition coefficient (Wildman–Crippen LogP) is 2.84. The Morgan fingerprint density at radius 1 is 1.24 bits per heavy atom.